The molecule has 0 aliphatic carbocycles. The van der Waals surface area contributed by atoms with Gasteiger partial charge in [-0.15, -0.1) is 0 Å². The van der Waals surface area contributed by atoms with Crippen LogP contribution in [0.3, 0.4) is 0 Å². The van der Waals surface area contributed by atoms with Crippen LogP contribution in [-0.4, -0.2) is 18.2 Å². The first kappa shape index (κ1) is 11.4. The predicted molar refractivity (Wildman–Crippen MR) is 49.5 cm³/mol. The van der Waals surface area contributed by atoms with Gasteiger partial charge in [-0.05, 0) is 12.1 Å². The minimum atomic E-state index is -3.01. The van der Waals surface area contributed by atoms with Crippen molar-refractivity contribution in [2.24, 2.45) is 0 Å². The van der Waals surface area contributed by atoms with Crippen LogP contribution in [-0.2, 0) is 5.92 Å². The highest BCUT2D eigenvalue weighted by atomic mass is 19.3. The number of hydrogen-bond donors (Lipinski definition) is 1. The second kappa shape index (κ2) is 3.84. The molecule has 0 unspecified atom stereocenters. The van der Waals surface area contributed by atoms with Gasteiger partial charge in [0.05, 0.1) is 7.11 Å². The lowest BCUT2D eigenvalue weighted by molar-refractivity contribution is 0.0171. The van der Waals surface area contributed by atoms with Crippen molar-refractivity contribution in [2.45, 2.75) is 12.8 Å². The first-order chi connectivity index (χ1) is 6.86. The van der Waals surface area contributed by atoms with E-state index >= 15 is 0 Å². The van der Waals surface area contributed by atoms with E-state index in [9.17, 15) is 13.6 Å². The molecule has 0 radical (unpaired) electrons. The van der Waals surface area contributed by atoms with Gasteiger partial charge in [-0.25, -0.2) is 13.6 Å². The zero-order valence-corrected chi connectivity index (χ0v) is 8.25. The lowest BCUT2D eigenvalue weighted by Gasteiger charge is -2.13. The highest BCUT2D eigenvalue weighted by molar-refractivity contribution is 5.91. The molecule has 0 amide bonds. The van der Waals surface area contributed by atoms with Gasteiger partial charge in [0.25, 0.3) is 5.92 Å². The van der Waals surface area contributed by atoms with Crippen LogP contribution < -0.4 is 4.74 Å². The van der Waals surface area contributed by atoms with Gasteiger partial charge in [-0.1, -0.05) is 6.07 Å². The SMILES string of the molecule is COc1cc(C(C)(F)F)ccc1C(=O)O. The summed E-state index contributed by atoms with van der Waals surface area (Å²) in [5, 5.41) is 8.72. The molecular weight excluding hydrogens is 206 g/mol. The van der Waals surface area contributed by atoms with Crippen LogP contribution in [0.2, 0.25) is 0 Å². The average molecular weight is 216 g/mol. The number of hydrogen-bond acceptors (Lipinski definition) is 2. The first-order valence-electron chi connectivity index (χ1n) is 4.16. The molecule has 1 N–H and O–H groups in total. The van der Waals surface area contributed by atoms with Crippen molar-refractivity contribution in [1.82, 2.24) is 0 Å². The molecule has 0 saturated heterocycles. The Labute approximate surface area is 85.3 Å². The zero-order chi connectivity index (χ0) is 11.6. The van der Waals surface area contributed by atoms with Gasteiger partial charge in [0.15, 0.2) is 0 Å². The van der Waals surface area contributed by atoms with E-state index in [0.717, 1.165) is 25.1 Å². The van der Waals surface area contributed by atoms with Gasteiger partial charge in [0.1, 0.15) is 11.3 Å². The highest BCUT2D eigenvalue weighted by Gasteiger charge is 2.26. The van der Waals surface area contributed by atoms with E-state index in [2.05, 4.69) is 0 Å². The first-order valence-corrected chi connectivity index (χ1v) is 4.16. The van der Waals surface area contributed by atoms with Crippen LogP contribution >= 0.6 is 0 Å². The Hall–Kier alpha value is -1.65. The second-order valence-corrected chi connectivity index (χ2v) is 3.11. The zero-order valence-electron chi connectivity index (χ0n) is 8.25. The third kappa shape index (κ3) is 2.43. The number of rotatable bonds is 3. The number of alkyl halides is 2. The Kier molecular flexibility index (Phi) is 2.93. The van der Waals surface area contributed by atoms with E-state index in [-0.39, 0.29) is 16.9 Å². The molecule has 15 heavy (non-hydrogen) atoms. The molecule has 0 aliphatic rings. The van der Waals surface area contributed by atoms with Crippen LogP contribution in [0.25, 0.3) is 0 Å². The van der Waals surface area contributed by atoms with Gasteiger partial charge < -0.3 is 9.84 Å². The smallest absolute Gasteiger partial charge is 0.339 e. The second-order valence-electron chi connectivity index (χ2n) is 3.11. The number of carbonyl (C=O) groups is 1. The van der Waals surface area contributed by atoms with Crippen molar-refractivity contribution < 1.29 is 23.4 Å². The summed E-state index contributed by atoms with van der Waals surface area (Å²) in [6.07, 6.45) is 0. The van der Waals surface area contributed by atoms with Crippen LogP contribution in [0.5, 0.6) is 5.75 Å². The highest BCUT2D eigenvalue weighted by Crippen LogP contribution is 2.31. The molecule has 0 fully saturated rings. The number of carboxylic acid groups (broad SMARTS) is 1. The largest absolute Gasteiger partial charge is 0.496 e. The topological polar surface area (TPSA) is 46.5 Å². The van der Waals surface area contributed by atoms with Crippen LogP contribution in [0.4, 0.5) is 8.78 Å². The van der Waals surface area contributed by atoms with E-state index in [1.165, 1.54) is 7.11 Å². The molecule has 82 valence electrons. The summed E-state index contributed by atoms with van der Waals surface area (Å²) < 4.78 is 30.5. The van der Waals surface area contributed by atoms with E-state index in [1.807, 2.05) is 0 Å². The fraction of sp³-hybridized carbons (Fsp3) is 0.300. The van der Waals surface area contributed by atoms with Crippen molar-refractivity contribution >= 4 is 5.97 Å². The maximum atomic E-state index is 12.9. The number of benzene rings is 1. The summed E-state index contributed by atoms with van der Waals surface area (Å²) in [5.74, 6) is -4.29. The van der Waals surface area contributed by atoms with Crippen molar-refractivity contribution in [1.29, 1.82) is 0 Å². The average Bonchev–Trinajstić information content (AvgIpc) is 2.15. The van der Waals surface area contributed by atoms with E-state index in [1.54, 1.807) is 0 Å². The Bertz CT molecular complexity index is 383. The van der Waals surface area contributed by atoms with Crippen LogP contribution in [0, 0.1) is 0 Å². The Morgan fingerprint density at radius 2 is 2.07 bits per heavy atom. The van der Waals surface area contributed by atoms with E-state index in [0.29, 0.717) is 0 Å². The molecule has 5 heteroatoms. The number of aromatic carboxylic acids is 1. The van der Waals surface area contributed by atoms with E-state index in [4.69, 9.17) is 9.84 Å². The normalized spacial score (nSPS) is 11.2. The molecule has 0 aromatic heterocycles. The lowest BCUT2D eigenvalue weighted by Crippen LogP contribution is -2.09. The van der Waals surface area contributed by atoms with Gasteiger partial charge in [0.2, 0.25) is 0 Å². The summed E-state index contributed by atoms with van der Waals surface area (Å²) in [4.78, 5) is 10.7. The fourth-order valence-corrected chi connectivity index (χ4v) is 1.14. The molecule has 0 atom stereocenters. The predicted octanol–water partition coefficient (Wildman–Crippen LogP) is 2.51. The molecule has 0 heterocycles. The quantitative estimate of drug-likeness (QED) is 0.844. The van der Waals surface area contributed by atoms with Crippen LogP contribution in [0.1, 0.15) is 22.8 Å². The minimum Gasteiger partial charge on any atom is -0.496 e. The van der Waals surface area contributed by atoms with Gasteiger partial charge in [-0.2, -0.15) is 0 Å². The van der Waals surface area contributed by atoms with Crippen molar-refractivity contribution in [2.75, 3.05) is 7.11 Å². The fourth-order valence-electron chi connectivity index (χ4n) is 1.14. The van der Waals surface area contributed by atoms with Crippen LogP contribution in [0.15, 0.2) is 18.2 Å². The summed E-state index contributed by atoms with van der Waals surface area (Å²) in [7, 11) is 1.24. The molecule has 0 aliphatic heterocycles. The van der Waals surface area contributed by atoms with Crippen molar-refractivity contribution in [3.8, 4) is 5.75 Å². The van der Waals surface area contributed by atoms with Gasteiger partial charge >= 0.3 is 5.97 Å². The molecular formula is C10H10F2O3. The monoisotopic (exact) mass is 216 g/mol. The Morgan fingerprint density at radius 1 is 1.47 bits per heavy atom. The molecule has 0 spiro atoms. The van der Waals surface area contributed by atoms with Crippen molar-refractivity contribution in [3.63, 3.8) is 0 Å². The Balaban J connectivity index is 3.25. The summed E-state index contributed by atoms with van der Waals surface area (Å²) in [5.41, 5.74) is -0.408. The third-order valence-electron chi connectivity index (χ3n) is 1.94. The molecule has 0 saturated carbocycles. The maximum Gasteiger partial charge on any atom is 0.339 e. The Morgan fingerprint density at radius 3 is 2.47 bits per heavy atom. The molecule has 1 aromatic rings. The molecule has 1 aromatic carbocycles. The standard InChI is InChI=1S/C10H10F2O3/c1-10(11,12)6-3-4-7(9(13)14)8(5-6)15-2/h3-5H,1-2H3,(H,13,14). The van der Waals surface area contributed by atoms with Gasteiger partial charge in [0, 0.05) is 12.5 Å². The number of halogens is 2. The summed E-state index contributed by atoms with van der Waals surface area (Å²) >= 11 is 0. The number of methoxy groups -OCH3 is 1. The van der Waals surface area contributed by atoms with Crippen molar-refractivity contribution in [3.05, 3.63) is 29.3 Å². The summed E-state index contributed by atoms with van der Waals surface area (Å²) in [6.45, 7) is 0.738. The summed E-state index contributed by atoms with van der Waals surface area (Å²) in [6, 6.07) is 3.21. The number of ether oxygens (including phenoxy) is 1. The maximum absolute atomic E-state index is 12.9. The van der Waals surface area contributed by atoms with Gasteiger partial charge in [-0.3, -0.25) is 0 Å². The molecule has 0 bridgehead atoms. The van der Waals surface area contributed by atoms with E-state index < -0.39 is 11.9 Å². The number of carboxylic acids is 1. The minimum absolute atomic E-state index is 0.0680. The molecule has 3 nitrogen and oxygen atoms in total. The third-order valence-corrected chi connectivity index (χ3v) is 1.94. The molecule has 1 rings (SSSR count). The lowest BCUT2D eigenvalue weighted by atomic mass is 10.1.